The minimum atomic E-state index is -0.337. The van der Waals surface area contributed by atoms with Gasteiger partial charge in [-0.2, -0.15) is 4.98 Å². The zero-order chi connectivity index (χ0) is 43.0. The number of carbonyl (C=O) groups excluding carboxylic acids is 1. The van der Waals surface area contributed by atoms with E-state index in [0.29, 0.717) is 11.5 Å². The molecule has 2 aromatic heterocycles. The average Bonchev–Trinajstić information content (AvgIpc) is 3.60. The summed E-state index contributed by atoms with van der Waals surface area (Å²) in [4.78, 5) is 22.0. The van der Waals surface area contributed by atoms with Crippen molar-refractivity contribution in [2.45, 2.75) is 153 Å². The minimum absolute atomic E-state index is 0. The Morgan fingerprint density at radius 2 is 1.34 bits per heavy atom. The van der Waals surface area contributed by atoms with Crippen molar-refractivity contribution < 1.29 is 34.4 Å². The first-order valence-electron chi connectivity index (χ1n) is 21.5. The second kappa shape index (κ2) is 15.9. The fourth-order valence-corrected chi connectivity index (χ4v) is 8.96. The Kier molecular flexibility index (Phi) is 12.4. The van der Waals surface area contributed by atoms with Crippen molar-refractivity contribution in [1.29, 1.82) is 0 Å². The van der Waals surface area contributed by atoms with Crippen LogP contribution in [-0.4, -0.2) is 20.9 Å². The second-order valence-electron chi connectivity index (χ2n) is 20.2. The van der Waals surface area contributed by atoms with E-state index in [1.807, 2.05) is 48.5 Å². The van der Waals surface area contributed by atoms with Crippen LogP contribution in [0.15, 0.2) is 70.8 Å². The van der Waals surface area contributed by atoms with E-state index in [2.05, 4.69) is 123 Å². The summed E-state index contributed by atoms with van der Waals surface area (Å²) in [5, 5.41) is 16.8. The van der Waals surface area contributed by atoms with Gasteiger partial charge in [-0.15, -0.1) is 29.1 Å². The number of benzene rings is 4. The number of carbonyl (C=O) groups is 1. The number of fused-ring (bicyclic) bond motifs is 7. The monoisotopic (exact) mass is 972 g/mol. The summed E-state index contributed by atoms with van der Waals surface area (Å²) in [5.41, 5.74) is 7.03. The van der Waals surface area contributed by atoms with E-state index in [0.717, 1.165) is 64.1 Å². The van der Waals surface area contributed by atoms with E-state index < -0.39 is 0 Å². The molecule has 59 heavy (non-hydrogen) atoms. The Balaban J connectivity index is 0.000000314. The van der Waals surface area contributed by atoms with Crippen molar-refractivity contribution in [1.82, 2.24) is 9.97 Å². The molecular weight excluding hydrogens is 905 g/mol. The van der Waals surface area contributed by atoms with Crippen molar-refractivity contribution >= 4 is 49.4 Å². The van der Waals surface area contributed by atoms with Crippen molar-refractivity contribution in [3.63, 3.8) is 0 Å². The van der Waals surface area contributed by atoms with Gasteiger partial charge in [0.15, 0.2) is 5.78 Å². The molecule has 0 fully saturated rings. The number of hydrogen-bond acceptors (Lipinski definition) is 5. The molecule has 6 heteroatoms. The van der Waals surface area contributed by atoms with Gasteiger partial charge in [0.1, 0.15) is 17.2 Å². The summed E-state index contributed by atoms with van der Waals surface area (Å²) in [7, 11) is 0. The quantitative estimate of drug-likeness (QED) is 0.0934. The standard InChI is InChI=1S/C38H39N2O.C15H28O2.Ir/c1-21-39-32(24-17-22-13-11-12-14-25(22)28(19-24)35(2,3)4)31-26-16-15-23-18-29-30(20-27(23)33(26)41-34(31)40-21)37(7,8)38(9,10)36(29,5)6;1-7-14(5,8-2)12(16)11-13(17)15(6,9-3)10-4;/h11-16,18-20H,1-10H3;11,16H,7-10H2,1-6H3;/q-1;;/b;12-11-;. The van der Waals surface area contributed by atoms with Crippen LogP contribution in [0.25, 0.3) is 54.9 Å². The van der Waals surface area contributed by atoms with Crippen LogP contribution in [0.2, 0.25) is 0 Å². The molecule has 1 aliphatic rings. The van der Waals surface area contributed by atoms with E-state index in [1.54, 1.807) is 0 Å². The number of aryl methyl sites for hydroxylation is 1. The molecule has 0 saturated carbocycles. The SMILES string of the molecule is CCC(C)(CC)C(=O)/C=C(\O)C(C)(CC)CC.Cc1nc(-c2[c-]c3ccccc3c(C(C)(C)C)c2)c2c(n1)oc1c3cc4c(cc3ccc12)C(C)(C)C(C)(C)C4(C)C.[Ir]. The van der Waals surface area contributed by atoms with E-state index in [4.69, 9.17) is 14.4 Å². The van der Waals surface area contributed by atoms with Gasteiger partial charge in [-0.1, -0.05) is 151 Å². The minimum Gasteiger partial charge on any atom is -0.512 e. The van der Waals surface area contributed by atoms with Gasteiger partial charge in [0.05, 0.1) is 0 Å². The van der Waals surface area contributed by atoms with Gasteiger partial charge in [-0.05, 0) is 76.8 Å². The maximum absolute atomic E-state index is 12.2. The van der Waals surface area contributed by atoms with E-state index in [-0.39, 0.29) is 64.1 Å². The zero-order valence-electron chi connectivity index (χ0n) is 38.6. The van der Waals surface area contributed by atoms with Crippen molar-refractivity contribution in [3.8, 4) is 11.3 Å². The fourth-order valence-electron chi connectivity index (χ4n) is 8.96. The molecule has 0 aliphatic heterocycles. The molecule has 0 unspecified atom stereocenters. The van der Waals surface area contributed by atoms with E-state index in [9.17, 15) is 9.90 Å². The van der Waals surface area contributed by atoms with Crippen molar-refractivity contribution in [2.24, 2.45) is 16.2 Å². The Morgan fingerprint density at radius 1 is 0.763 bits per heavy atom. The Hall–Kier alpha value is -3.86. The van der Waals surface area contributed by atoms with Gasteiger partial charge >= 0.3 is 0 Å². The summed E-state index contributed by atoms with van der Waals surface area (Å²) < 4.78 is 6.66. The molecule has 317 valence electrons. The van der Waals surface area contributed by atoms with Gasteiger partial charge in [0, 0.05) is 58.9 Å². The molecule has 6 aromatic rings. The predicted molar refractivity (Wildman–Crippen MR) is 245 cm³/mol. The first kappa shape index (κ1) is 46.2. The fraction of sp³-hybridized carbons (Fsp3) is 0.491. The number of rotatable bonds is 8. The van der Waals surface area contributed by atoms with Crippen LogP contribution in [-0.2, 0) is 41.1 Å². The van der Waals surface area contributed by atoms with Crippen LogP contribution in [0.3, 0.4) is 0 Å². The van der Waals surface area contributed by atoms with Gasteiger partial charge < -0.3 is 9.52 Å². The molecule has 4 aromatic carbocycles. The van der Waals surface area contributed by atoms with Crippen LogP contribution in [0.4, 0.5) is 0 Å². The summed E-state index contributed by atoms with van der Waals surface area (Å²) in [5.74, 6) is 0.981. The molecule has 1 radical (unpaired) electrons. The number of aliphatic hydroxyl groups excluding tert-OH is 1. The number of furan rings is 1. The van der Waals surface area contributed by atoms with E-state index >= 15 is 0 Å². The molecule has 1 aliphatic carbocycles. The third-order valence-electron chi connectivity index (χ3n) is 15.5. The number of aromatic nitrogens is 2. The molecular formula is C53H67IrN2O3-. The molecule has 0 spiro atoms. The average molecular weight is 972 g/mol. The number of nitrogens with zero attached hydrogens (tertiary/aromatic N) is 2. The number of aliphatic hydroxyl groups is 1. The summed E-state index contributed by atoms with van der Waals surface area (Å²) in [6.45, 7) is 35.2. The first-order valence-corrected chi connectivity index (χ1v) is 21.5. The Bertz CT molecular complexity index is 2590. The summed E-state index contributed by atoms with van der Waals surface area (Å²) in [6.07, 6.45) is 4.75. The molecule has 1 N–H and O–H groups in total. The third-order valence-corrected chi connectivity index (χ3v) is 15.5. The van der Waals surface area contributed by atoms with Crippen LogP contribution in [0, 0.1) is 29.2 Å². The van der Waals surface area contributed by atoms with Gasteiger partial charge in [0.25, 0.3) is 0 Å². The summed E-state index contributed by atoms with van der Waals surface area (Å²) in [6, 6.07) is 23.7. The van der Waals surface area contributed by atoms with Gasteiger partial charge in [-0.3, -0.25) is 9.78 Å². The smallest absolute Gasteiger partial charge is 0.223 e. The third kappa shape index (κ3) is 7.49. The van der Waals surface area contributed by atoms with Crippen LogP contribution in [0.5, 0.6) is 0 Å². The molecule has 0 saturated heterocycles. The van der Waals surface area contributed by atoms with Crippen molar-refractivity contribution in [3.05, 3.63) is 95.0 Å². The van der Waals surface area contributed by atoms with Crippen LogP contribution in [0.1, 0.15) is 152 Å². The van der Waals surface area contributed by atoms with Crippen molar-refractivity contribution in [2.75, 3.05) is 0 Å². The molecule has 0 atom stereocenters. The van der Waals surface area contributed by atoms with Crippen LogP contribution >= 0.6 is 0 Å². The second-order valence-corrected chi connectivity index (χ2v) is 20.2. The topological polar surface area (TPSA) is 76.2 Å². The van der Waals surface area contributed by atoms with E-state index in [1.165, 1.54) is 33.5 Å². The number of hydrogen-bond donors (Lipinski definition) is 1. The number of ketones is 1. The normalized spacial score (nSPS) is 16.2. The first-order chi connectivity index (χ1) is 26.9. The molecule has 0 bridgehead atoms. The Morgan fingerprint density at radius 3 is 1.92 bits per heavy atom. The van der Waals surface area contributed by atoms with Crippen LogP contribution < -0.4 is 0 Å². The zero-order valence-corrected chi connectivity index (χ0v) is 41.0. The van der Waals surface area contributed by atoms with Gasteiger partial charge in [0.2, 0.25) is 5.71 Å². The number of allylic oxidation sites excluding steroid dienone is 2. The molecule has 0 amide bonds. The molecule has 7 rings (SSSR count). The summed E-state index contributed by atoms with van der Waals surface area (Å²) >= 11 is 0. The maximum atomic E-state index is 12.2. The Labute approximate surface area is 367 Å². The maximum Gasteiger partial charge on any atom is 0.223 e. The predicted octanol–water partition coefficient (Wildman–Crippen LogP) is 15.0. The van der Waals surface area contributed by atoms with Gasteiger partial charge in [-0.25, -0.2) is 0 Å². The molecule has 5 nitrogen and oxygen atoms in total. The largest absolute Gasteiger partial charge is 0.512 e. The molecule has 2 heterocycles.